The minimum Gasteiger partial charge on any atom is -0.332 e. The standard InChI is InChI=1S/C49H50FN11O3/c1-9-39-31(7)37(16-18-51-39)32-10-15-41-33(22-32)23-42(60(41)49(24-30(49)6)47-53-48(63)64-56-47)46(62)58-19-17-40-38(25-58)45(61(55-40)36-20-28(4)43(50)29(5)21-36)57(8)34-11-13-35(14-12-34)59-26-52-54-44(59)27(2)3/h10-16,18,20-23,26-27,30H,9,17,19,24-25H2,1-8H3,(H,53,56,63)/t30-,49-/m0/s1. The number of aromatic nitrogens is 9. The predicted octanol–water partition coefficient (Wildman–Crippen LogP) is 8.65. The second-order valence-electron chi connectivity index (χ2n) is 17.7. The lowest BCUT2D eigenvalue weighted by molar-refractivity contribution is 0.0721. The number of nitrogens with zero attached hydrogens (tertiary/aromatic N) is 10. The van der Waals surface area contributed by atoms with Crippen molar-refractivity contribution >= 4 is 28.3 Å². The number of rotatable bonds is 10. The van der Waals surface area contributed by atoms with Crippen molar-refractivity contribution in [1.82, 2.24) is 49.1 Å². The van der Waals surface area contributed by atoms with Gasteiger partial charge in [-0.2, -0.15) is 5.10 Å². The molecule has 2 aliphatic rings. The molecule has 0 bridgehead atoms. The van der Waals surface area contributed by atoms with Crippen LogP contribution < -0.4 is 10.7 Å². The average molecular weight is 860 g/mol. The Morgan fingerprint density at radius 3 is 2.45 bits per heavy atom. The zero-order valence-electron chi connectivity index (χ0n) is 37.3. The number of pyridine rings is 1. The summed E-state index contributed by atoms with van der Waals surface area (Å²) in [5.41, 5.74) is 10.2. The molecule has 8 aromatic rings. The van der Waals surface area contributed by atoms with Gasteiger partial charge < -0.3 is 14.4 Å². The van der Waals surface area contributed by atoms with E-state index in [2.05, 4.69) is 87.6 Å². The highest BCUT2D eigenvalue weighted by Crippen LogP contribution is 2.56. The normalized spacial score (nSPS) is 17.1. The van der Waals surface area contributed by atoms with Crippen LogP contribution in [-0.4, -0.2) is 68.6 Å². The number of anilines is 2. The smallest absolute Gasteiger partial charge is 0.332 e. The van der Waals surface area contributed by atoms with Gasteiger partial charge in [0.2, 0.25) is 0 Å². The number of aryl methyl sites for hydroxylation is 3. The Morgan fingerprint density at radius 2 is 1.78 bits per heavy atom. The molecule has 0 radical (unpaired) electrons. The number of aromatic amines is 1. The van der Waals surface area contributed by atoms with E-state index in [-0.39, 0.29) is 30.1 Å². The van der Waals surface area contributed by atoms with E-state index in [9.17, 15) is 4.79 Å². The molecule has 1 N–H and O–H groups in total. The van der Waals surface area contributed by atoms with Crippen molar-refractivity contribution in [3.63, 3.8) is 0 Å². The third kappa shape index (κ3) is 6.46. The molecular formula is C49H50FN11O3. The number of hydrogen-bond acceptors (Lipinski definition) is 9. The zero-order valence-corrected chi connectivity index (χ0v) is 37.3. The summed E-state index contributed by atoms with van der Waals surface area (Å²) >= 11 is 0. The fourth-order valence-electron chi connectivity index (χ4n) is 9.85. The third-order valence-corrected chi connectivity index (χ3v) is 13.4. The maximum atomic E-state index is 15.4. The molecule has 0 spiro atoms. The van der Waals surface area contributed by atoms with Gasteiger partial charge in [-0.1, -0.05) is 38.9 Å². The van der Waals surface area contributed by atoms with E-state index in [0.29, 0.717) is 42.0 Å². The summed E-state index contributed by atoms with van der Waals surface area (Å²) in [6.07, 6.45) is 5.55. The van der Waals surface area contributed by atoms with Gasteiger partial charge in [0.15, 0.2) is 5.82 Å². The molecule has 5 aromatic heterocycles. The number of hydrogen-bond donors (Lipinski definition) is 1. The lowest BCUT2D eigenvalue weighted by atomic mass is 9.98. The first kappa shape index (κ1) is 40.9. The molecule has 10 rings (SSSR count). The van der Waals surface area contributed by atoms with Crippen LogP contribution in [0.3, 0.4) is 0 Å². The van der Waals surface area contributed by atoms with Gasteiger partial charge in [0, 0.05) is 65.7 Å². The molecule has 1 fully saturated rings. The Morgan fingerprint density at radius 1 is 1.03 bits per heavy atom. The lowest BCUT2D eigenvalue weighted by Gasteiger charge is -2.30. The van der Waals surface area contributed by atoms with Crippen molar-refractivity contribution < 1.29 is 13.7 Å². The minimum absolute atomic E-state index is 0.0482. The van der Waals surface area contributed by atoms with Gasteiger partial charge in [0.05, 0.1) is 17.9 Å². The second kappa shape index (κ2) is 15.3. The van der Waals surface area contributed by atoms with E-state index in [0.717, 1.165) is 79.7 Å². The van der Waals surface area contributed by atoms with Gasteiger partial charge in [-0.25, -0.2) is 13.9 Å². The Bertz CT molecular complexity index is 3170. The maximum Gasteiger partial charge on any atom is 0.438 e. The lowest BCUT2D eigenvalue weighted by Crippen LogP contribution is -2.38. The molecule has 0 saturated heterocycles. The number of H-pyrrole nitrogens is 1. The summed E-state index contributed by atoms with van der Waals surface area (Å²) in [6, 6.07) is 22.1. The zero-order chi connectivity index (χ0) is 44.8. The van der Waals surface area contributed by atoms with Crippen molar-refractivity contribution in [2.24, 2.45) is 5.92 Å². The van der Waals surface area contributed by atoms with Gasteiger partial charge >= 0.3 is 5.76 Å². The van der Waals surface area contributed by atoms with Crippen LogP contribution in [0.5, 0.6) is 0 Å². The van der Waals surface area contributed by atoms with Crippen molar-refractivity contribution in [3.05, 3.63) is 147 Å². The summed E-state index contributed by atoms with van der Waals surface area (Å²) in [5, 5.41) is 18.8. The van der Waals surface area contributed by atoms with Crippen LogP contribution in [0.2, 0.25) is 0 Å². The Labute approximate surface area is 369 Å². The van der Waals surface area contributed by atoms with Gasteiger partial charge in [-0.3, -0.25) is 23.9 Å². The van der Waals surface area contributed by atoms with Crippen molar-refractivity contribution in [1.29, 1.82) is 0 Å². The van der Waals surface area contributed by atoms with Crippen LogP contribution >= 0.6 is 0 Å². The largest absolute Gasteiger partial charge is 0.438 e. The Kier molecular flexibility index (Phi) is 9.76. The summed E-state index contributed by atoms with van der Waals surface area (Å²) < 4.78 is 26.1. The monoisotopic (exact) mass is 859 g/mol. The Balaban J connectivity index is 1.08. The first-order valence-corrected chi connectivity index (χ1v) is 21.9. The highest BCUT2D eigenvalue weighted by atomic mass is 19.1. The first-order chi connectivity index (χ1) is 30.8. The molecule has 3 aromatic carbocycles. The molecule has 15 heteroatoms. The molecule has 14 nitrogen and oxygen atoms in total. The molecular weight excluding hydrogens is 810 g/mol. The number of nitrogens with one attached hydrogen (secondary N) is 1. The fraction of sp³-hybridized carbons (Fsp3) is 0.327. The summed E-state index contributed by atoms with van der Waals surface area (Å²) in [4.78, 5) is 39.2. The summed E-state index contributed by atoms with van der Waals surface area (Å²) in [5.74, 6) is 1.22. The predicted molar refractivity (Wildman–Crippen MR) is 242 cm³/mol. The van der Waals surface area contributed by atoms with E-state index >= 15 is 9.18 Å². The number of carbonyl (C=O) groups excluding carboxylic acids is 1. The van der Waals surface area contributed by atoms with Crippen molar-refractivity contribution in [2.75, 3.05) is 18.5 Å². The van der Waals surface area contributed by atoms with E-state index in [1.54, 1.807) is 20.2 Å². The SMILES string of the molecule is CCc1nccc(-c2ccc3c(c2)cc(C(=O)N2CCc4nn(-c5cc(C)c(F)c(C)c5)c(N(C)c5ccc(-n6cnnc6C(C)C)cc5)c4C2)n3[C@@]2(c3noc(=O)[nH]3)C[C@@H]2C)c1C. The van der Waals surface area contributed by atoms with Gasteiger partial charge in [0.25, 0.3) is 5.91 Å². The van der Waals surface area contributed by atoms with Crippen LogP contribution in [0.25, 0.3) is 33.4 Å². The van der Waals surface area contributed by atoms with Crippen molar-refractivity contribution in [2.45, 2.75) is 85.7 Å². The molecule has 64 heavy (non-hydrogen) atoms. The van der Waals surface area contributed by atoms with Crippen LogP contribution in [0.1, 0.15) is 95.8 Å². The van der Waals surface area contributed by atoms with E-state index in [4.69, 9.17) is 9.62 Å². The number of halogens is 1. The number of fused-ring (bicyclic) bond motifs is 2. The number of benzene rings is 3. The van der Waals surface area contributed by atoms with E-state index in [1.165, 1.54) is 0 Å². The summed E-state index contributed by atoms with van der Waals surface area (Å²) in [6.45, 7) is 14.7. The highest BCUT2D eigenvalue weighted by molar-refractivity contribution is 6.00. The fourth-order valence-corrected chi connectivity index (χ4v) is 9.85. The molecule has 1 aliphatic heterocycles. The van der Waals surface area contributed by atoms with Crippen LogP contribution in [0.4, 0.5) is 15.9 Å². The second-order valence-corrected chi connectivity index (χ2v) is 17.7. The van der Waals surface area contributed by atoms with Gasteiger partial charge in [-0.15, -0.1) is 10.2 Å². The minimum atomic E-state index is -0.799. The summed E-state index contributed by atoms with van der Waals surface area (Å²) in [7, 11) is 1.99. The van der Waals surface area contributed by atoms with E-state index in [1.807, 2.05) is 75.9 Å². The van der Waals surface area contributed by atoms with Crippen LogP contribution in [-0.2, 0) is 24.9 Å². The quantitative estimate of drug-likeness (QED) is 0.143. The van der Waals surface area contributed by atoms with Crippen LogP contribution in [0.15, 0.2) is 88.6 Å². The molecule has 2 atom stereocenters. The molecule has 1 saturated carbocycles. The molecule has 0 unspecified atom stereocenters. The van der Waals surface area contributed by atoms with Crippen LogP contribution in [0, 0.1) is 32.5 Å². The first-order valence-electron chi connectivity index (χ1n) is 21.9. The van der Waals surface area contributed by atoms with Gasteiger partial charge in [0.1, 0.15) is 35.0 Å². The van der Waals surface area contributed by atoms with E-state index < -0.39 is 11.3 Å². The highest BCUT2D eigenvalue weighted by Gasteiger charge is 2.59. The van der Waals surface area contributed by atoms with Crippen molar-refractivity contribution in [3.8, 4) is 22.5 Å². The van der Waals surface area contributed by atoms with Gasteiger partial charge in [-0.05, 0) is 128 Å². The molecule has 6 heterocycles. The third-order valence-electron chi connectivity index (χ3n) is 13.4. The molecule has 1 aliphatic carbocycles. The number of amides is 1. The number of carbonyl (C=O) groups is 1. The topological polar surface area (TPSA) is 149 Å². The maximum absolute atomic E-state index is 15.4. The molecule has 1 amide bonds. The Hall–Kier alpha value is -7.16. The molecule has 326 valence electrons. The average Bonchev–Trinajstić information content (AvgIpc) is 3.86.